The molecule has 2 aromatic rings. The lowest BCUT2D eigenvalue weighted by Crippen LogP contribution is -2.44. The summed E-state index contributed by atoms with van der Waals surface area (Å²) in [7, 11) is 0. The monoisotopic (exact) mass is 339 g/mol. The van der Waals surface area contributed by atoms with E-state index in [0.717, 1.165) is 38.3 Å². The molecule has 0 saturated carbocycles. The lowest BCUT2D eigenvalue weighted by Gasteiger charge is -2.35. The van der Waals surface area contributed by atoms with E-state index in [4.69, 9.17) is 0 Å². The van der Waals surface area contributed by atoms with Gasteiger partial charge < -0.3 is 4.90 Å². The highest BCUT2D eigenvalue weighted by molar-refractivity contribution is 7.09. The molecule has 1 aliphatic heterocycles. The average molecular weight is 339 g/mol. The molecule has 1 atom stereocenters. The van der Waals surface area contributed by atoms with Crippen molar-refractivity contribution >= 4 is 17.2 Å². The molecule has 0 aliphatic carbocycles. The number of halogens is 2. The first-order chi connectivity index (χ1) is 11.1. The Morgan fingerprint density at radius 3 is 2.96 bits per heavy atom. The van der Waals surface area contributed by atoms with E-state index in [9.17, 15) is 13.6 Å². The summed E-state index contributed by atoms with van der Waals surface area (Å²) in [4.78, 5) is 15.7. The fraction of sp³-hybridized carbons (Fsp3) is 0.500. The quantitative estimate of drug-likeness (QED) is 0.827. The number of aryl methyl sites for hydroxylation is 1. The van der Waals surface area contributed by atoms with Gasteiger partial charge in [-0.25, -0.2) is 4.68 Å². The summed E-state index contributed by atoms with van der Waals surface area (Å²) in [5.41, 5.74) is 0.105. The van der Waals surface area contributed by atoms with Gasteiger partial charge in [-0.2, -0.15) is 13.9 Å². The Hall–Kier alpha value is -1.76. The van der Waals surface area contributed by atoms with Crippen LogP contribution in [0.1, 0.15) is 47.6 Å². The number of amides is 1. The van der Waals surface area contributed by atoms with Crippen molar-refractivity contribution in [1.82, 2.24) is 14.7 Å². The maximum Gasteiger partial charge on any atom is 0.333 e. The van der Waals surface area contributed by atoms with Gasteiger partial charge in [0.25, 0.3) is 5.91 Å². The average Bonchev–Trinajstić information content (AvgIpc) is 3.24. The molecule has 0 unspecified atom stereocenters. The number of likely N-dealkylation sites (tertiary alicyclic amines) is 1. The van der Waals surface area contributed by atoms with Gasteiger partial charge in [0.2, 0.25) is 0 Å². The van der Waals surface area contributed by atoms with Crippen LogP contribution < -0.4 is 0 Å². The van der Waals surface area contributed by atoms with Crippen molar-refractivity contribution in [2.45, 2.75) is 44.7 Å². The molecule has 3 heterocycles. The van der Waals surface area contributed by atoms with Gasteiger partial charge in [-0.3, -0.25) is 4.79 Å². The van der Waals surface area contributed by atoms with Crippen LogP contribution in [0.3, 0.4) is 0 Å². The summed E-state index contributed by atoms with van der Waals surface area (Å²) in [5, 5.41) is 5.76. The second kappa shape index (κ2) is 7.21. The van der Waals surface area contributed by atoms with Gasteiger partial charge in [0.15, 0.2) is 5.69 Å². The Morgan fingerprint density at radius 1 is 1.39 bits per heavy atom. The molecule has 4 nitrogen and oxygen atoms in total. The van der Waals surface area contributed by atoms with Gasteiger partial charge in [0, 0.05) is 23.7 Å². The van der Waals surface area contributed by atoms with E-state index in [1.54, 1.807) is 11.3 Å². The van der Waals surface area contributed by atoms with Crippen molar-refractivity contribution in [1.29, 1.82) is 0 Å². The summed E-state index contributed by atoms with van der Waals surface area (Å²) in [6.45, 7) is -2.04. The Balaban J connectivity index is 1.68. The second-order valence-corrected chi connectivity index (χ2v) is 6.76. The summed E-state index contributed by atoms with van der Waals surface area (Å²) >= 11 is 1.72. The molecule has 0 bridgehead atoms. The van der Waals surface area contributed by atoms with E-state index in [1.807, 2.05) is 11.0 Å². The minimum atomic E-state index is -2.72. The number of nitrogens with zero attached hydrogens (tertiary/aromatic N) is 3. The van der Waals surface area contributed by atoms with E-state index in [1.165, 1.54) is 10.9 Å². The van der Waals surface area contributed by atoms with E-state index >= 15 is 0 Å². The summed E-state index contributed by atoms with van der Waals surface area (Å²) < 4.78 is 25.8. The first-order valence-corrected chi connectivity index (χ1v) is 8.70. The Labute approximate surface area is 137 Å². The van der Waals surface area contributed by atoms with Gasteiger partial charge in [-0.05, 0) is 49.6 Å². The molecule has 124 valence electrons. The van der Waals surface area contributed by atoms with Crippen LogP contribution in [-0.2, 0) is 6.42 Å². The normalized spacial score (nSPS) is 18.6. The van der Waals surface area contributed by atoms with Gasteiger partial charge >= 0.3 is 6.55 Å². The summed E-state index contributed by atoms with van der Waals surface area (Å²) in [6, 6.07) is 5.67. The van der Waals surface area contributed by atoms with Crippen LogP contribution in [0.4, 0.5) is 8.78 Å². The number of hydrogen-bond acceptors (Lipinski definition) is 3. The maximum atomic E-state index is 12.6. The van der Waals surface area contributed by atoms with Gasteiger partial charge in [-0.15, -0.1) is 11.3 Å². The molecule has 2 aromatic heterocycles. The summed E-state index contributed by atoms with van der Waals surface area (Å²) in [6.07, 6.45) is 6.02. The van der Waals surface area contributed by atoms with Crippen LogP contribution >= 0.6 is 11.3 Å². The molecule has 0 spiro atoms. The number of carbonyl (C=O) groups excluding carboxylic acids is 1. The maximum absolute atomic E-state index is 12.6. The molecule has 1 aliphatic rings. The van der Waals surface area contributed by atoms with Crippen LogP contribution in [0, 0.1) is 0 Å². The molecule has 3 rings (SSSR count). The molecule has 23 heavy (non-hydrogen) atoms. The molecule has 7 heteroatoms. The van der Waals surface area contributed by atoms with E-state index in [2.05, 4.69) is 16.5 Å². The van der Waals surface area contributed by atoms with Crippen molar-refractivity contribution in [2.75, 3.05) is 6.54 Å². The zero-order valence-electron chi connectivity index (χ0n) is 12.7. The first kappa shape index (κ1) is 16.1. The SMILES string of the molecule is O=C(c1ccn(C(F)F)n1)N1CCCC[C@H]1CCc1cccs1. The number of alkyl halides is 2. The van der Waals surface area contributed by atoms with Crippen LogP contribution in [0.15, 0.2) is 29.8 Å². The molecule has 1 amide bonds. The number of rotatable bonds is 5. The third-order valence-corrected chi connectivity index (χ3v) is 5.16. The lowest BCUT2D eigenvalue weighted by atomic mass is 9.97. The van der Waals surface area contributed by atoms with Crippen molar-refractivity contribution in [3.05, 3.63) is 40.3 Å². The highest BCUT2D eigenvalue weighted by Crippen LogP contribution is 2.24. The van der Waals surface area contributed by atoms with Crippen LogP contribution in [-0.4, -0.2) is 33.2 Å². The predicted molar refractivity (Wildman–Crippen MR) is 84.8 cm³/mol. The Bertz CT molecular complexity index is 642. The van der Waals surface area contributed by atoms with Crippen molar-refractivity contribution < 1.29 is 13.6 Å². The van der Waals surface area contributed by atoms with Gasteiger partial charge in [0.1, 0.15) is 0 Å². The minimum absolute atomic E-state index is 0.105. The highest BCUT2D eigenvalue weighted by atomic mass is 32.1. The second-order valence-electron chi connectivity index (χ2n) is 5.72. The molecule has 0 aromatic carbocycles. The number of carbonyl (C=O) groups is 1. The van der Waals surface area contributed by atoms with Crippen molar-refractivity contribution in [3.63, 3.8) is 0 Å². The predicted octanol–water partition coefficient (Wildman–Crippen LogP) is 3.97. The van der Waals surface area contributed by atoms with E-state index in [0.29, 0.717) is 11.2 Å². The zero-order valence-corrected chi connectivity index (χ0v) is 13.5. The lowest BCUT2D eigenvalue weighted by molar-refractivity contribution is 0.0524. The zero-order chi connectivity index (χ0) is 16.2. The van der Waals surface area contributed by atoms with E-state index < -0.39 is 6.55 Å². The van der Waals surface area contributed by atoms with Gasteiger partial charge in [-0.1, -0.05) is 6.07 Å². The first-order valence-electron chi connectivity index (χ1n) is 7.82. The topological polar surface area (TPSA) is 38.1 Å². The largest absolute Gasteiger partial charge is 0.334 e. The van der Waals surface area contributed by atoms with Gasteiger partial charge in [0.05, 0.1) is 0 Å². The van der Waals surface area contributed by atoms with E-state index in [-0.39, 0.29) is 17.6 Å². The molecule has 0 radical (unpaired) electrons. The van der Waals surface area contributed by atoms with Crippen LogP contribution in [0.25, 0.3) is 0 Å². The summed E-state index contributed by atoms with van der Waals surface area (Å²) in [5.74, 6) is -0.236. The fourth-order valence-electron chi connectivity index (χ4n) is 3.04. The molecule has 1 saturated heterocycles. The molecule has 1 fully saturated rings. The third kappa shape index (κ3) is 3.77. The molecular weight excluding hydrogens is 320 g/mol. The standard InChI is InChI=1S/C16H19F2N3OS/c17-16(18)21-10-8-14(19-21)15(22)20-9-2-1-4-12(20)6-7-13-5-3-11-23-13/h3,5,8,10-12,16H,1-2,4,6-7,9H2/t12-/m0/s1. The van der Waals surface area contributed by atoms with Crippen LogP contribution in [0.5, 0.6) is 0 Å². The van der Waals surface area contributed by atoms with Crippen molar-refractivity contribution in [3.8, 4) is 0 Å². The highest BCUT2D eigenvalue weighted by Gasteiger charge is 2.28. The smallest absolute Gasteiger partial charge is 0.333 e. The Kier molecular flexibility index (Phi) is 5.05. The van der Waals surface area contributed by atoms with Crippen LogP contribution in [0.2, 0.25) is 0 Å². The fourth-order valence-corrected chi connectivity index (χ4v) is 3.76. The number of hydrogen-bond donors (Lipinski definition) is 0. The minimum Gasteiger partial charge on any atom is -0.334 e. The third-order valence-electron chi connectivity index (χ3n) is 4.22. The Morgan fingerprint density at radius 2 is 2.26 bits per heavy atom. The number of aromatic nitrogens is 2. The molecular formula is C16H19F2N3OS. The molecule has 0 N–H and O–H groups in total. The number of piperidine rings is 1. The number of thiophene rings is 1. The van der Waals surface area contributed by atoms with Crippen molar-refractivity contribution in [2.24, 2.45) is 0 Å².